The molecule has 11 heteroatoms. The standard InChI is InChI=1S/C29H36ClN3O7.2C2H6/c1-33(9-11-36-13-15-38-17-19-39-18-16-37-14-12-35-10-8-30)23-4-2-22(3-5-23)27-20-26(34)24-6-7-25-28(29(24)40-27)32-21-31-25;2*1-2/h2-7,20-21H,8-19H2,1H3,(H,31,32);2*1-2H3. The molecule has 10 nitrogen and oxygen atoms in total. The predicted molar refractivity (Wildman–Crippen MR) is 178 cm³/mol. The Kier molecular flexibility index (Phi) is 19.0. The van der Waals surface area contributed by atoms with Gasteiger partial charge in [0.15, 0.2) is 11.0 Å². The first-order valence-corrected chi connectivity index (χ1v) is 15.9. The van der Waals surface area contributed by atoms with E-state index in [1.807, 2.05) is 65.1 Å². The van der Waals surface area contributed by atoms with Crippen LogP contribution < -0.4 is 10.3 Å². The number of alkyl halides is 1. The largest absolute Gasteiger partial charge is 0.453 e. The van der Waals surface area contributed by atoms with E-state index in [1.165, 1.54) is 6.07 Å². The second-order valence-corrected chi connectivity index (χ2v) is 9.31. The number of benzene rings is 2. The number of halogens is 1. The van der Waals surface area contributed by atoms with Gasteiger partial charge in [0, 0.05) is 36.8 Å². The Morgan fingerprint density at radius 3 is 1.89 bits per heavy atom. The maximum absolute atomic E-state index is 12.7. The summed E-state index contributed by atoms with van der Waals surface area (Å²) in [5.74, 6) is 1.00. The zero-order chi connectivity index (χ0) is 32.0. The highest BCUT2D eigenvalue weighted by atomic mass is 35.5. The summed E-state index contributed by atoms with van der Waals surface area (Å²) in [5, 5.41) is 0.514. The summed E-state index contributed by atoms with van der Waals surface area (Å²) in [7, 11) is 2.01. The number of aromatic amines is 1. The number of hydrogen-bond donors (Lipinski definition) is 1. The first kappa shape index (κ1) is 37.2. The molecule has 4 aromatic rings. The monoisotopic (exact) mass is 633 g/mol. The van der Waals surface area contributed by atoms with Gasteiger partial charge >= 0.3 is 0 Å². The average molecular weight is 634 g/mol. The summed E-state index contributed by atoms with van der Waals surface area (Å²) < 4.78 is 33.4. The quantitative estimate of drug-likeness (QED) is 0.0961. The minimum atomic E-state index is -0.0957. The molecule has 0 saturated carbocycles. The van der Waals surface area contributed by atoms with Gasteiger partial charge in [-0.2, -0.15) is 0 Å². The van der Waals surface area contributed by atoms with E-state index in [-0.39, 0.29) is 5.43 Å². The SMILES string of the molecule is CC.CC.CN(CCOCCOCCOCCOCCOCCCl)c1ccc(-c2cc(=O)c3ccc4[nH]cnc4c3o2)cc1. The average Bonchev–Trinajstić information content (AvgIpc) is 3.56. The highest BCUT2D eigenvalue weighted by molar-refractivity contribution is 6.17. The Hall–Kier alpha value is -2.99. The Morgan fingerprint density at radius 1 is 0.773 bits per heavy atom. The van der Waals surface area contributed by atoms with Crippen LogP contribution in [0.5, 0.6) is 0 Å². The highest BCUT2D eigenvalue weighted by Crippen LogP contribution is 2.27. The molecular formula is C33H48ClN3O7. The minimum absolute atomic E-state index is 0.0957. The maximum Gasteiger partial charge on any atom is 0.193 e. The van der Waals surface area contributed by atoms with Crippen LogP contribution in [0, 0.1) is 0 Å². The molecule has 0 radical (unpaired) electrons. The molecule has 1 N–H and O–H groups in total. The summed E-state index contributed by atoms with van der Waals surface area (Å²) in [5.41, 5.74) is 3.72. The van der Waals surface area contributed by atoms with Crippen LogP contribution in [0.15, 0.2) is 58.0 Å². The molecule has 0 aliphatic carbocycles. The molecular weight excluding hydrogens is 586 g/mol. The summed E-state index contributed by atoms with van der Waals surface area (Å²) >= 11 is 5.52. The number of H-pyrrole nitrogens is 1. The lowest BCUT2D eigenvalue weighted by atomic mass is 10.1. The van der Waals surface area contributed by atoms with Crippen molar-refractivity contribution in [2.24, 2.45) is 0 Å². The Bertz CT molecular complexity index is 1360. The zero-order valence-corrected chi connectivity index (χ0v) is 27.5. The van der Waals surface area contributed by atoms with E-state index < -0.39 is 0 Å². The molecule has 0 aliphatic heterocycles. The molecule has 2 aromatic heterocycles. The van der Waals surface area contributed by atoms with Crippen LogP contribution in [0.3, 0.4) is 0 Å². The number of imidazole rings is 1. The van der Waals surface area contributed by atoms with E-state index in [0.29, 0.717) is 94.2 Å². The van der Waals surface area contributed by atoms with Crippen LogP contribution in [0.25, 0.3) is 33.3 Å². The summed E-state index contributed by atoms with van der Waals surface area (Å²) in [6.07, 6.45) is 1.59. The van der Waals surface area contributed by atoms with Gasteiger partial charge in [-0.25, -0.2) is 4.98 Å². The molecule has 0 amide bonds. The molecule has 0 aliphatic rings. The van der Waals surface area contributed by atoms with Gasteiger partial charge in [-0.1, -0.05) is 27.7 Å². The minimum Gasteiger partial charge on any atom is -0.453 e. The Balaban J connectivity index is 0.00000162. The van der Waals surface area contributed by atoms with Crippen molar-refractivity contribution >= 4 is 39.3 Å². The normalized spacial score (nSPS) is 10.8. The first-order valence-electron chi connectivity index (χ1n) is 15.3. The number of nitrogens with zero attached hydrogens (tertiary/aromatic N) is 2. The molecule has 4 rings (SSSR count). The van der Waals surface area contributed by atoms with E-state index in [1.54, 1.807) is 12.4 Å². The fraction of sp³-hybridized carbons (Fsp3) is 0.515. The molecule has 0 atom stereocenters. The van der Waals surface area contributed by atoms with Crippen molar-refractivity contribution < 1.29 is 28.1 Å². The number of hydrogen-bond acceptors (Lipinski definition) is 9. The van der Waals surface area contributed by atoms with Gasteiger partial charge in [0.2, 0.25) is 0 Å². The number of likely N-dealkylation sites (N-methyl/N-ethyl adjacent to an activating group) is 1. The maximum atomic E-state index is 12.7. The summed E-state index contributed by atoms with van der Waals surface area (Å²) in [6, 6.07) is 13.0. The lowest BCUT2D eigenvalue weighted by Crippen LogP contribution is -2.23. The summed E-state index contributed by atoms with van der Waals surface area (Å²) in [4.78, 5) is 22.2. The second kappa shape index (κ2) is 22.5. The molecule has 44 heavy (non-hydrogen) atoms. The Morgan fingerprint density at radius 2 is 1.32 bits per heavy atom. The van der Waals surface area contributed by atoms with Crippen LogP contribution in [-0.4, -0.2) is 95.5 Å². The van der Waals surface area contributed by atoms with Crippen molar-refractivity contribution in [1.29, 1.82) is 0 Å². The van der Waals surface area contributed by atoms with Gasteiger partial charge in [-0.05, 0) is 36.4 Å². The fourth-order valence-electron chi connectivity index (χ4n) is 4.01. The van der Waals surface area contributed by atoms with E-state index >= 15 is 0 Å². The zero-order valence-electron chi connectivity index (χ0n) is 26.7. The highest BCUT2D eigenvalue weighted by Gasteiger charge is 2.12. The van der Waals surface area contributed by atoms with Crippen molar-refractivity contribution in [3.05, 3.63) is 59.0 Å². The number of anilines is 1. The van der Waals surface area contributed by atoms with Crippen LogP contribution in [0.1, 0.15) is 27.7 Å². The van der Waals surface area contributed by atoms with Crippen LogP contribution in [0.2, 0.25) is 0 Å². The lowest BCUT2D eigenvalue weighted by molar-refractivity contribution is -0.00958. The van der Waals surface area contributed by atoms with Gasteiger partial charge in [-0.3, -0.25) is 4.79 Å². The fourth-order valence-corrected chi connectivity index (χ4v) is 4.11. The molecule has 2 heterocycles. The molecule has 2 aromatic carbocycles. The molecule has 244 valence electrons. The van der Waals surface area contributed by atoms with Gasteiger partial charge in [0.25, 0.3) is 0 Å². The van der Waals surface area contributed by atoms with Gasteiger partial charge in [0.05, 0.1) is 83.3 Å². The van der Waals surface area contributed by atoms with Crippen LogP contribution >= 0.6 is 11.6 Å². The third-order valence-electron chi connectivity index (χ3n) is 6.16. The first-order chi connectivity index (χ1) is 21.7. The van der Waals surface area contributed by atoms with E-state index in [0.717, 1.165) is 23.3 Å². The third-order valence-corrected chi connectivity index (χ3v) is 6.31. The van der Waals surface area contributed by atoms with Crippen LogP contribution in [-0.2, 0) is 23.7 Å². The summed E-state index contributed by atoms with van der Waals surface area (Å²) in [6.45, 7) is 14.0. The molecule has 0 fully saturated rings. The molecule has 0 spiro atoms. The predicted octanol–water partition coefficient (Wildman–Crippen LogP) is 6.15. The number of aromatic nitrogens is 2. The van der Waals surface area contributed by atoms with Crippen molar-refractivity contribution in [3.63, 3.8) is 0 Å². The smallest absolute Gasteiger partial charge is 0.193 e. The molecule has 0 saturated heterocycles. The van der Waals surface area contributed by atoms with Crippen molar-refractivity contribution in [3.8, 4) is 11.3 Å². The number of fused-ring (bicyclic) bond motifs is 3. The number of nitrogens with one attached hydrogen (secondary N) is 1. The lowest BCUT2D eigenvalue weighted by Gasteiger charge is -2.19. The Labute approximate surface area is 265 Å². The number of rotatable bonds is 19. The van der Waals surface area contributed by atoms with Gasteiger partial charge in [0.1, 0.15) is 11.3 Å². The van der Waals surface area contributed by atoms with E-state index in [4.69, 9.17) is 39.7 Å². The van der Waals surface area contributed by atoms with Gasteiger partial charge in [-0.15, -0.1) is 11.6 Å². The third kappa shape index (κ3) is 12.2. The van der Waals surface area contributed by atoms with E-state index in [2.05, 4.69) is 14.9 Å². The van der Waals surface area contributed by atoms with E-state index in [9.17, 15) is 4.79 Å². The second-order valence-electron chi connectivity index (χ2n) is 8.94. The van der Waals surface area contributed by atoms with Crippen molar-refractivity contribution in [2.45, 2.75) is 27.7 Å². The molecule has 0 bridgehead atoms. The van der Waals surface area contributed by atoms with Gasteiger partial charge < -0.3 is 38.0 Å². The topological polar surface area (TPSA) is 108 Å². The number of ether oxygens (including phenoxy) is 5. The van der Waals surface area contributed by atoms with Crippen molar-refractivity contribution in [1.82, 2.24) is 9.97 Å². The van der Waals surface area contributed by atoms with Crippen molar-refractivity contribution in [2.75, 3.05) is 90.4 Å². The molecule has 0 unspecified atom stereocenters. The van der Waals surface area contributed by atoms with Crippen LogP contribution in [0.4, 0.5) is 5.69 Å².